The number of hydrogen-bond donors (Lipinski definition) is 3. The molecule has 0 spiro atoms. The van der Waals surface area contributed by atoms with Gasteiger partial charge in [-0.05, 0) is 25.0 Å². The Hall–Kier alpha value is -1.14. The van der Waals surface area contributed by atoms with Gasteiger partial charge in [-0.3, -0.25) is 10.1 Å². The molecule has 1 aromatic rings. The fraction of sp³-hybridized carbons (Fsp3) is 0.364. The summed E-state index contributed by atoms with van der Waals surface area (Å²) in [6.45, 7) is 0.120. The Labute approximate surface area is 106 Å². The van der Waals surface area contributed by atoms with E-state index < -0.39 is 23.1 Å². The van der Waals surface area contributed by atoms with E-state index in [2.05, 4.69) is 21.2 Å². The summed E-state index contributed by atoms with van der Waals surface area (Å²) in [6.07, 6.45) is 1.11. The van der Waals surface area contributed by atoms with Gasteiger partial charge in [0.25, 0.3) is 0 Å². The number of hydrogen-bond acceptors (Lipinski definition) is 3. The lowest BCUT2D eigenvalue weighted by Crippen LogP contribution is -2.38. The number of benzene rings is 1. The van der Waals surface area contributed by atoms with E-state index >= 15 is 0 Å². The van der Waals surface area contributed by atoms with Gasteiger partial charge in [0.15, 0.2) is 11.6 Å². The van der Waals surface area contributed by atoms with E-state index in [0.717, 1.165) is 6.07 Å². The molecule has 0 amide bonds. The van der Waals surface area contributed by atoms with Gasteiger partial charge in [-0.1, -0.05) is 15.9 Å². The number of aliphatic carboxylic acids is 1. The first-order chi connectivity index (χ1) is 7.94. The number of nitrogens with one attached hydrogen (secondary N) is 1. The summed E-state index contributed by atoms with van der Waals surface area (Å²) in [5.41, 5.74) is -0.560. The fourth-order valence-corrected chi connectivity index (χ4v) is 2.09. The predicted octanol–water partition coefficient (Wildman–Crippen LogP) is 2.00. The Bertz CT molecular complexity index is 474. The zero-order valence-electron chi connectivity index (χ0n) is 8.83. The lowest BCUT2D eigenvalue weighted by Gasteiger charge is -2.13. The Kier molecular flexibility index (Phi) is 3.09. The molecule has 1 saturated carbocycles. The molecule has 1 aromatic carbocycles. The van der Waals surface area contributed by atoms with Gasteiger partial charge in [0.1, 0.15) is 5.54 Å². The van der Waals surface area contributed by atoms with E-state index in [1.54, 1.807) is 6.07 Å². The van der Waals surface area contributed by atoms with Crippen molar-refractivity contribution in [2.24, 2.45) is 0 Å². The molecule has 0 aliphatic heterocycles. The summed E-state index contributed by atoms with van der Waals surface area (Å²) >= 11 is 3.12. The Morgan fingerprint density at radius 2 is 2.18 bits per heavy atom. The highest BCUT2D eigenvalue weighted by Gasteiger charge is 2.49. The second-order valence-corrected chi connectivity index (χ2v) is 5.05. The predicted molar refractivity (Wildman–Crippen MR) is 62.2 cm³/mol. The van der Waals surface area contributed by atoms with Crippen molar-refractivity contribution in [3.8, 4) is 5.75 Å². The Balaban J connectivity index is 2.12. The van der Waals surface area contributed by atoms with Gasteiger partial charge < -0.3 is 10.2 Å². The molecule has 1 aliphatic rings. The summed E-state index contributed by atoms with van der Waals surface area (Å²) in [4.78, 5) is 10.9. The zero-order valence-corrected chi connectivity index (χ0v) is 10.4. The van der Waals surface area contributed by atoms with Crippen LogP contribution in [0.4, 0.5) is 4.39 Å². The molecule has 0 unspecified atom stereocenters. The van der Waals surface area contributed by atoms with Crippen molar-refractivity contribution in [2.45, 2.75) is 24.9 Å². The van der Waals surface area contributed by atoms with Crippen molar-refractivity contribution in [2.75, 3.05) is 0 Å². The van der Waals surface area contributed by atoms with Gasteiger partial charge in [-0.25, -0.2) is 4.39 Å². The van der Waals surface area contributed by atoms with Gasteiger partial charge >= 0.3 is 5.97 Å². The second-order valence-electron chi connectivity index (χ2n) is 4.14. The van der Waals surface area contributed by atoms with E-state index in [0.29, 0.717) is 22.9 Å². The number of carboxylic acid groups (broad SMARTS) is 1. The van der Waals surface area contributed by atoms with Crippen molar-refractivity contribution in [3.05, 3.63) is 28.0 Å². The number of phenols is 1. The van der Waals surface area contributed by atoms with Gasteiger partial charge in [0.05, 0.1) is 0 Å². The van der Waals surface area contributed by atoms with E-state index in [9.17, 15) is 14.3 Å². The molecular formula is C11H11BrFNO3. The average molecular weight is 304 g/mol. The molecule has 4 nitrogen and oxygen atoms in total. The topological polar surface area (TPSA) is 69.6 Å². The van der Waals surface area contributed by atoms with Crippen molar-refractivity contribution in [3.63, 3.8) is 0 Å². The van der Waals surface area contributed by atoms with Crippen molar-refractivity contribution in [1.29, 1.82) is 0 Å². The zero-order chi connectivity index (χ0) is 12.6. The van der Waals surface area contributed by atoms with Crippen LogP contribution in [0.2, 0.25) is 0 Å². The van der Waals surface area contributed by atoms with Crippen molar-refractivity contribution >= 4 is 21.9 Å². The SMILES string of the molecule is O=C(O)C1(NCc2cc(Br)cc(F)c2O)CC1. The number of phenolic OH excluding ortho intramolecular Hbond substituents is 1. The van der Waals surface area contributed by atoms with Crippen LogP contribution in [0.1, 0.15) is 18.4 Å². The molecule has 0 saturated heterocycles. The number of rotatable bonds is 4. The molecule has 1 fully saturated rings. The quantitative estimate of drug-likeness (QED) is 0.796. The number of carboxylic acids is 1. The second kappa shape index (κ2) is 4.27. The maximum atomic E-state index is 13.2. The molecule has 0 aromatic heterocycles. The molecule has 0 bridgehead atoms. The van der Waals surface area contributed by atoms with Gasteiger partial charge in [0, 0.05) is 16.6 Å². The highest BCUT2D eigenvalue weighted by Crippen LogP contribution is 2.36. The molecule has 6 heteroatoms. The molecule has 1 aliphatic carbocycles. The van der Waals surface area contributed by atoms with Crippen LogP contribution in [0.15, 0.2) is 16.6 Å². The molecule has 0 radical (unpaired) electrons. The van der Waals surface area contributed by atoms with Crippen LogP contribution >= 0.6 is 15.9 Å². The summed E-state index contributed by atoms with van der Waals surface area (Å²) in [5.74, 6) is -2.08. The van der Waals surface area contributed by atoms with Crippen LogP contribution < -0.4 is 5.32 Å². The van der Waals surface area contributed by atoms with Crippen LogP contribution in [0.3, 0.4) is 0 Å². The highest BCUT2D eigenvalue weighted by molar-refractivity contribution is 9.10. The normalized spacial score (nSPS) is 16.8. The lowest BCUT2D eigenvalue weighted by molar-refractivity contribution is -0.140. The van der Waals surface area contributed by atoms with Crippen LogP contribution in [-0.4, -0.2) is 21.7 Å². The van der Waals surface area contributed by atoms with Gasteiger partial charge in [-0.15, -0.1) is 0 Å². The van der Waals surface area contributed by atoms with Crippen LogP contribution in [0.5, 0.6) is 5.75 Å². The van der Waals surface area contributed by atoms with E-state index in [1.807, 2.05) is 0 Å². The number of carbonyl (C=O) groups is 1. The monoisotopic (exact) mass is 303 g/mol. The standard InChI is InChI=1S/C11H11BrFNO3/c12-7-3-6(9(15)8(13)4-7)5-14-11(1-2-11)10(16)17/h3-4,14-15H,1-2,5H2,(H,16,17). The van der Waals surface area contributed by atoms with Crippen LogP contribution in [0, 0.1) is 5.82 Å². The fourth-order valence-electron chi connectivity index (χ4n) is 1.61. The summed E-state index contributed by atoms with van der Waals surface area (Å²) in [5, 5.41) is 21.3. The largest absolute Gasteiger partial charge is 0.505 e. The first-order valence-corrected chi connectivity index (χ1v) is 5.89. The average Bonchev–Trinajstić information content (AvgIpc) is 3.02. The molecule has 3 N–H and O–H groups in total. The van der Waals surface area contributed by atoms with E-state index in [1.165, 1.54) is 0 Å². The highest BCUT2D eigenvalue weighted by atomic mass is 79.9. The number of halogens is 2. The van der Waals surface area contributed by atoms with Gasteiger partial charge in [0.2, 0.25) is 0 Å². The van der Waals surface area contributed by atoms with Crippen molar-refractivity contribution in [1.82, 2.24) is 5.32 Å². The van der Waals surface area contributed by atoms with E-state index in [-0.39, 0.29) is 6.54 Å². The first-order valence-electron chi connectivity index (χ1n) is 5.10. The third kappa shape index (κ3) is 2.42. The van der Waals surface area contributed by atoms with Crippen LogP contribution in [-0.2, 0) is 11.3 Å². The smallest absolute Gasteiger partial charge is 0.323 e. The minimum Gasteiger partial charge on any atom is -0.505 e. The summed E-state index contributed by atoms with van der Waals surface area (Å²) in [7, 11) is 0. The van der Waals surface area contributed by atoms with E-state index in [4.69, 9.17) is 5.11 Å². The maximum Gasteiger partial charge on any atom is 0.323 e. The molecule has 0 atom stereocenters. The number of aromatic hydroxyl groups is 1. The summed E-state index contributed by atoms with van der Waals surface area (Å²) < 4.78 is 13.7. The first kappa shape index (κ1) is 12.3. The summed E-state index contributed by atoms with van der Waals surface area (Å²) in [6, 6.07) is 2.71. The minimum atomic E-state index is -0.910. The lowest BCUT2D eigenvalue weighted by atomic mass is 10.1. The molecule has 2 rings (SSSR count). The van der Waals surface area contributed by atoms with Crippen LogP contribution in [0.25, 0.3) is 0 Å². The third-order valence-corrected chi connectivity index (χ3v) is 3.34. The van der Waals surface area contributed by atoms with Crippen molar-refractivity contribution < 1.29 is 19.4 Å². The molecule has 17 heavy (non-hydrogen) atoms. The molecule has 92 valence electrons. The molecule has 0 heterocycles. The maximum absolute atomic E-state index is 13.2. The van der Waals surface area contributed by atoms with Gasteiger partial charge in [-0.2, -0.15) is 0 Å². The minimum absolute atomic E-state index is 0.120. The Morgan fingerprint density at radius 1 is 1.53 bits per heavy atom. The molecular weight excluding hydrogens is 293 g/mol. The Morgan fingerprint density at radius 3 is 2.71 bits per heavy atom. The third-order valence-electron chi connectivity index (χ3n) is 2.88.